The lowest BCUT2D eigenvalue weighted by Gasteiger charge is -2.39. The van der Waals surface area contributed by atoms with Crippen LogP contribution in [0.3, 0.4) is 0 Å². The SMILES string of the molecule is C[C@H]1C(=O)N2C(C(=O)O)=C(C(C)(C)C)O[C@@H]12. The summed E-state index contributed by atoms with van der Waals surface area (Å²) in [5, 5.41) is 9.14. The van der Waals surface area contributed by atoms with Gasteiger partial charge < -0.3 is 9.84 Å². The quantitative estimate of drug-likeness (QED) is 0.680. The highest BCUT2D eigenvalue weighted by atomic mass is 16.5. The van der Waals surface area contributed by atoms with Gasteiger partial charge in [0.15, 0.2) is 11.9 Å². The Morgan fingerprint density at radius 3 is 2.44 bits per heavy atom. The molecule has 0 aromatic rings. The molecule has 88 valence electrons. The van der Waals surface area contributed by atoms with Crippen molar-refractivity contribution in [1.29, 1.82) is 0 Å². The van der Waals surface area contributed by atoms with Crippen LogP contribution in [-0.2, 0) is 14.3 Å². The van der Waals surface area contributed by atoms with Crippen molar-refractivity contribution in [2.24, 2.45) is 11.3 Å². The number of allylic oxidation sites excluding steroid dienone is 1. The number of hydrogen-bond donors (Lipinski definition) is 1. The molecule has 2 heterocycles. The third kappa shape index (κ3) is 1.24. The summed E-state index contributed by atoms with van der Waals surface area (Å²) in [6.45, 7) is 7.35. The molecule has 2 aliphatic heterocycles. The summed E-state index contributed by atoms with van der Waals surface area (Å²) in [6, 6.07) is 0. The topological polar surface area (TPSA) is 66.8 Å². The fourth-order valence-electron chi connectivity index (χ4n) is 2.02. The number of carboxylic acids is 1. The molecule has 2 aliphatic rings. The number of carbonyl (C=O) groups is 2. The fraction of sp³-hybridized carbons (Fsp3) is 0.636. The number of fused-ring (bicyclic) bond motifs is 1. The molecular formula is C11H15NO4. The van der Waals surface area contributed by atoms with E-state index >= 15 is 0 Å². The lowest BCUT2D eigenvalue weighted by molar-refractivity contribution is -0.170. The molecule has 16 heavy (non-hydrogen) atoms. The standard InChI is InChI=1S/C11H15NO4/c1-5-8(13)12-6(10(14)15)7(11(2,3)4)16-9(5)12/h5,9H,1-4H3,(H,14,15)/t5-,9-/m0/s1. The van der Waals surface area contributed by atoms with Crippen LogP contribution in [0.5, 0.6) is 0 Å². The third-order valence-electron chi connectivity index (χ3n) is 2.89. The van der Waals surface area contributed by atoms with Gasteiger partial charge in [0.25, 0.3) is 0 Å². The molecule has 0 unspecified atom stereocenters. The van der Waals surface area contributed by atoms with E-state index < -0.39 is 17.6 Å². The van der Waals surface area contributed by atoms with Crippen molar-refractivity contribution < 1.29 is 19.4 Å². The minimum Gasteiger partial charge on any atom is -0.476 e. The Hall–Kier alpha value is -1.52. The van der Waals surface area contributed by atoms with Gasteiger partial charge in [-0.3, -0.25) is 9.69 Å². The van der Waals surface area contributed by atoms with Gasteiger partial charge in [0.1, 0.15) is 5.76 Å². The monoisotopic (exact) mass is 225 g/mol. The summed E-state index contributed by atoms with van der Waals surface area (Å²) in [5.74, 6) is -1.15. The molecule has 0 saturated carbocycles. The normalized spacial score (nSPS) is 28.8. The maximum Gasteiger partial charge on any atom is 0.356 e. The van der Waals surface area contributed by atoms with Crippen LogP contribution in [0.4, 0.5) is 0 Å². The molecular weight excluding hydrogens is 210 g/mol. The van der Waals surface area contributed by atoms with Crippen LogP contribution in [0.15, 0.2) is 11.5 Å². The first kappa shape index (κ1) is 11.0. The molecule has 0 aromatic heterocycles. The van der Waals surface area contributed by atoms with Crippen LogP contribution < -0.4 is 0 Å². The van der Waals surface area contributed by atoms with Crippen molar-refractivity contribution >= 4 is 11.9 Å². The molecule has 1 fully saturated rings. The average Bonchev–Trinajstić information content (AvgIpc) is 2.52. The van der Waals surface area contributed by atoms with Gasteiger partial charge in [-0.05, 0) is 6.92 Å². The zero-order chi connectivity index (χ0) is 12.2. The number of ether oxygens (including phenoxy) is 1. The van der Waals surface area contributed by atoms with Gasteiger partial charge >= 0.3 is 5.97 Å². The van der Waals surface area contributed by atoms with Gasteiger partial charge in [-0.2, -0.15) is 0 Å². The number of carboxylic acid groups (broad SMARTS) is 1. The maximum absolute atomic E-state index is 11.6. The molecule has 1 amide bonds. The Bertz CT molecular complexity index is 405. The van der Waals surface area contributed by atoms with Crippen LogP contribution >= 0.6 is 0 Å². The number of rotatable bonds is 1. The van der Waals surface area contributed by atoms with Crippen LogP contribution in [0.2, 0.25) is 0 Å². The number of amides is 1. The first-order valence-corrected chi connectivity index (χ1v) is 5.23. The predicted molar refractivity (Wildman–Crippen MR) is 55.0 cm³/mol. The van der Waals surface area contributed by atoms with E-state index in [1.807, 2.05) is 20.8 Å². The molecule has 5 nitrogen and oxygen atoms in total. The third-order valence-corrected chi connectivity index (χ3v) is 2.89. The highest BCUT2D eigenvalue weighted by Gasteiger charge is 2.56. The van der Waals surface area contributed by atoms with Crippen molar-refractivity contribution in [2.75, 3.05) is 0 Å². The molecule has 1 saturated heterocycles. The van der Waals surface area contributed by atoms with Crippen LogP contribution in [0.1, 0.15) is 27.7 Å². The van der Waals surface area contributed by atoms with Crippen LogP contribution in [-0.4, -0.2) is 28.1 Å². The van der Waals surface area contributed by atoms with Gasteiger partial charge in [-0.15, -0.1) is 0 Å². The lowest BCUT2D eigenvalue weighted by Crippen LogP contribution is -2.57. The Kier molecular flexibility index (Phi) is 2.05. The van der Waals surface area contributed by atoms with Crippen molar-refractivity contribution in [3.05, 3.63) is 11.5 Å². The Morgan fingerprint density at radius 2 is 2.00 bits per heavy atom. The van der Waals surface area contributed by atoms with Crippen LogP contribution in [0.25, 0.3) is 0 Å². The van der Waals surface area contributed by atoms with Gasteiger partial charge in [0.05, 0.1) is 5.92 Å². The molecule has 0 aliphatic carbocycles. The molecule has 1 N–H and O–H groups in total. The second kappa shape index (κ2) is 2.99. The summed E-state index contributed by atoms with van der Waals surface area (Å²) in [6.07, 6.45) is -0.423. The molecule has 0 spiro atoms. The van der Waals surface area contributed by atoms with Gasteiger partial charge in [0.2, 0.25) is 5.91 Å². The van der Waals surface area contributed by atoms with Gasteiger partial charge in [0, 0.05) is 5.41 Å². The van der Waals surface area contributed by atoms with E-state index in [9.17, 15) is 9.59 Å². The zero-order valence-corrected chi connectivity index (χ0v) is 9.77. The summed E-state index contributed by atoms with van der Waals surface area (Å²) >= 11 is 0. The number of β-lactam (4-membered cyclic amide) rings is 1. The maximum atomic E-state index is 11.6. The first-order chi connectivity index (χ1) is 7.25. The molecule has 0 aromatic carbocycles. The van der Waals surface area contributed by atoms with E-state index in [-0.39, 0.29) is 17.5 Å². The van der Waals surface area contributed by atoms with E-state index in [0.29, 0.717) is 5.76 Å². The summed E-state index contributed by atoms with van der Waals surface area (Å²) in [5.41, 5.74) is -0.411. The number of carbonyl (C=O) groups excluding carboxylic acids is 1. The largest absolute Gasteiger partial charge is 0.476 e. The second-order valence-corrected chi connectivity index (χ2v) is 5.24. The van der Waals surface area contributed by atoms with Crippen molar-refractivity contribution in [1.82, 2.24) is 4.90 Å². The fourth-order valence-corrected chi connectivity index (χ4v) is 2.02. The molecule has 5 heteroatoms. The molecule has 2 rings (SSSR count). The van der Waals surface area contributed by atoms with Gasteiger partial charge in [-0.25, -0.2) is 4.79 Å². The van der Waals surface area contributed by atoms with E-state index in [0.717, 1.165) is 0 Å². The van der Waals surface area contributed by atoms with Crippen molar-refractivity contribution in [2.45, 2.75) is 33.9 Å². The smallest absolute Gasteiger partial charge is 0.356 e. The summed E-state index contributed by atoms with van der Waals surface area (Å²) in [7, 11) is 0. The lowest BCUT2D eigenvalue weighted by atomic mass is 9.92. The molecule has 2 atom stereocenters. The van der Waals surface area contributed by atoms with Crippen molar-refractivity contribution in [3.63, 3.8) is 0 Å². The Labute approximate surface area is 93.7 Å². The minimum absolute atomic E-state index is 0.000556. The van der Waals surface area contributed by atoms with E-state index in [4.69, 9.17) is 9.84 Å². The summed E-state index contributed by atoms with van der Waals surface area (Å²) < 4.78 is 5.59. The highest BCUT2D eigenvalue weighted by molar-refractivity contribution is 5.98. The minimum atomic E-state index is -1.10. The number of nitrogens with zero attached hydrogens (tertiary/aromatic N) is 1. The van der Waals surface area contributed by atoms with Crippen molar-refractivity contribution in [3.8, 4) is 0 Å². The second-order valence-electron chi connectivity index (χ2n) is 5.24. The Morgan fingerprint density at radius 1 is 1.44 bits per heavy atom. The number of aliphatic carboxylic acids is 1. The Balaban J connectivity index is 2.45. The molecule has 0 bridgehead atoms. The molecule has 0 radical (unpaired) electrons. The highest BCUT2D eigenvalue weighted by Crippen LogP contribution is 2.45. The predicted octanol–water partition coefficient (Wildman–Crippen LogP) is 1.16. The average molecular weight is 225 g/mol. The zero-order valence-electron chi connectivity index (χ0n) is 9.77. The van der Waals surface area contributed by atoms with E-state index in [1.54, 1.807) is 6.92 Å². The van der Waals surface area contributed by atoms with E-state index in [2.05, 4.69) is 0 Å². The first-order valence-electron chi connectivity index (χ1n) is 5.23. The van der Waals surface area contributed by atoms with E-state index in [1.165, 1.54) is 4.90 Å². The van der Waals surface area contributed by atoms with Gasteiger partial charge in [-0.1, -0.05) is 20.8 Å². The number of hydrogen-bond acceptors (Lipinski definition) is 3. The summed E-state index contributed by atoms with van der Waals surface area (Å²) in [4.78, 5) is 24.0. The van der Waals surface area contributed by atoms with Crippen LogP contribution in [0, 0.1) is 11.3 Å².